The molecule has 5 heteroatoms. The van der Waals surface area contributed by atoms with Crippen LogP contribution >= 0.6 is 0 Å². The highest BCUT2D eigenvalue weighted by Crippen LogP contribution is 2.24. The third kappa shape index (κ3) is 4.15. The van der Waals surface area contributed by atoms with Crippen molar-refractivity contribution < 1.29 is 20.1 Å². The van der Waals surface area contributed by atoms with Crippen molar-refractivity contribution in [3.05, 3.63) is 0 Å². The molecular formula is C10H19NO4. The summed E-state index contributed by atoms with van der Waals surface area (Å²) in [7, 11) is 0. The molecule has 1 fully saturated rings. The Morgan fingerprint density at radius 3 is 2.80 bits per heavy atom. The summed E-state index contributed by atoms with van der Waals surface area (Å²) in [6, 6.07) is 0.221. The number of carbonyl (C=O) groups is 1. The van der Waals surface area contributed by atoms with Gasteiger partial charge in [-0.1, -0.05) is 6.42 Å². The highest BCUT2D eigenvalue weighted by Gasteiger charge is 2.26. The van der Waals surface area contributed by atoms with E-state index in [4.69, 9.17) is 10.2 Å². The molecule has 0 aliphatic heterocycles. The van der Waals surface area contributed by atoms with Crippen molar-refractivity contribution >= 4 is 5.97 Å². The lowest BCUT2D eigenvalue weighted by molar-refractivity contribution is -0.139. The molecule has 0 heterocycles. The smallest absolute Gasteiger partial charge is 0.306 e. The number of rotatable bonds is 6. The molecule has 1 rings (SSSR count). The predicted octanol–water partition coefficient (Wildman–Crippen LogP) is -0.427. The molecule has 0 aromatic heterocycles. The zero-order valence-electron chi connectivity index (χ0n) is 8.72. The summed E-state index contributed by atoms with van der Waals surface area (Å²) in [4.78, 5) is 10.3. The molecule has 3 atom stereocenters. The fourth-order valence-electron chi connectivity index (χ4n) is 2.09. The SMILES string of the molecule is O=C(O)CC(O)CNC1CCCC1CO. The van der Waals surface area contributed by atoms with Gasteiger partial charge in [-0.3, -0.25) is 4.79 Å². The van der Waals surface area contributed by atoms with E-state index in [0.717, 1.165) is 19.3 Å². The number of aliphatic hydroxyl groups excluding tert-OH is 2. The van der Waals surface area contributed by atoms with Gasteiger partial charge in [-0.05, 0) is 18.8 Å². The number of carboxylic acid groups (broad SMARTS) is 1. The first-order chi connectivity index (χ1) is 7.13. The summed E-state index contributed by atoms with van der Waals surface area (Å²) < 4.78 is 0. The topological polar surface area (TPSA) is 89.8 Å². The van der Waals surface area contributed by atoms with Crippen LogP contribution in [0.4, 0.5) is 0 Å². The summed E-state index contributed by atoms with van der Waals surface area (Å²) >= 11 is 0. The first-order valence-corrected chi connectivity index (χ1v) is 5.37. The van der Waals surface area contributed by atoms with E-state index in [9.17, 15) is 9.90 Å². The normalized spacial score (nSPS) is 27.9. The number of aliphatic carboxylic acids is 1. The number of hydrogen-bond donors (Lipinski definition) is 4. The van der Waals surface area contributed by atoms with Gasteiger partial charge >= 0.3 is 5.97 Å². The van der Waals surface area contributed by atoms with Gasteiger partial charge in [0.2, 0.25) is 0 Å². The average Bonchev–Trinajstić information content (AvgIpc) is 2.60. The van der Waals surface area contributed by atoms with Gasteiger partial charge in [-0.2, -0.15) is 0 Å². The van der Waals surface area contributed by atoms with E-state index in [1.807, 2.05) is 0 Å². The molecule has 4 N–H and O–H groups in total. The molecule has 0 bridgehead atoms. The molecule has 5 nitrogen and oxygen atoms in total. The quantitative estimate of drug-likeness (QED) is 0.485. The second kappa shape index (κ2) is 6.05. The van der Waals surface area contributed by atoms with Gasteiger partial charge in [0.1, 0.15) is 0 Å². The van der Waals surface area contributed by atoms with Crippen LogP contribution in [0.5, 0.6) is 0 Å². The maximum Gasteiger partial charge on any atom is 0.306 e. The highest BCUT2D eigenvalue weighted by molar-refractivity contribution is 5.67. The average molecular weight is 217 g/mol. The third-order valence-electron chi connectivity index (χ3n) is 2.92. The summed E-state index contributed by atoms with van der Waals surface area (Å²) in [5, 5.41) is 29.9. The minimum Gasteiger partial charge on any atom is -0.481 e. The van der Waals surface area contributed by atoms with Gasteiger partial charge in [0, 0.05) is 19.2 Å². The molecular weight excluding hydrogens is 198 g/mol. The number of aliphatic hydroxyl groups is 2. The van der Waals surface area contributed by atoms with Crippen molar-refractivity contribution in [1.29, 1.82) is 0 Å². The lowest BCUT2D eigenvalue weighted by atomic mass is 10.0. The van der Waals surface area contributed by atoms with Crippen molar-refractivity contribution in [3.63, 3.8) is 0 Å². The lowest BCUT2D eigenvalue weighted by Gasteiger charge is -2.20. The predicted molar refractivity (Wildman–Crippen MR) is 54.5 cm³/mol. The van der Waals surface area contributed by atoms with Crippen LogP contribution in [0.2, 0.25) is 0 Å². The monoisotopic (exact) mass is 217 g/mol. The number of hydrogen-bond acceptors (Lipinski definition) is 4. The van der Waals surface area contributed by atoms with Crippen molar-refractivity contribution in [3.8, 4) is 0 Å². The van der Waals surface area contributed by atoms with Gasteiger partial charge in [-0.15, -0.1) is 0 Å². The molecule has 0 radical (unpaired) electrons. The van der Waals surface area contributed by atoms with E-state index < -0.39 is 12.1 Å². The van der Waals surface area contributed by atoms with Crippen LogP contribution in [0.25, 0.3) is 0 Å². The van der Waals surface area contributed by atoms with Gasteiger partial charge in [0.25, 0.3) is 0 Å². The minimum atomic E-state index is -0.991. The van der Waals surface area contributed by atoms with Gasteiger partial charge in [-0.25, -0.2) is 0 Å². The summed E-state index contributed by atoms with van der Waals surface area (Å²) in [6.07, 6.45) is 2.00. The van der Waals surface area contributed by atoms with Gasteiger partial charge in [0.05, 0.1) is 12.5 Å². The van der Waals surface area contributed by atoms with E-state index in [1.54, 1.807) is 0 Å². The van der Waals surface area contributed by atoms with E-state index in [-0.39, 0.29) is 31.5 Å². The summed E-state index contributed by atoms with van der Waals surface area (Å²) in [6.45, 7) is 0.445. The van der Waals surface area contributed by atoms with Crippen LogP contribution in [0.15, 0.2) is 0 Å². The fraction of sp³-hybridized carbons (Fsp3) is 0.900. The zero-order chi connectivity index (χ0) is 11.3. The van der Waals surface area contributed by atoms with Crippen molar-refractivity contribution in [1.82, 2.24) is 5.32 Å². The Labute approximate surface area is 89.1 Å². The molecule has 0 spiro atoms. The molecule has 15 heavy (non-hydrogen) atoms. The van der Waals surface area contributed by atoms with E-state index in [0.29, 0.717) is 0 Å². The second-order valence-corrected chi connectivity index (χ2v) is 4.14. The molecule has 1 saturated carbocycles. The number of nitrogens with one attached hydrogen (secondary N) is 1. The Bertz CT molecular complexity index is 210. The molecule has 0 saturated heterocycles. The van der Waals surface area contributed by atoms with Crippen LogP contribution in [0.1, 0.15) is 25.7 Å². The van der Waals surface area contributed by atoms with Crippen molar-refractivity contribution in [2.45, 2.75) is 37.8 Å². The molecule has 3 unspecified atom stereocenters. The lowest BCUT2D eigenvalue weighted by Crippen LogP contribution is -2.39. The van der Waals surface area contributed by atoms with Gasteiger partial charge < -0.3 is 20.6 Å². The Morgan fingerprint density at radius 1 is 1.47 bits per heavy atom. The van der Waals surface area contributed by atoms with Crippen LogP contribution < -0.4 is 5.32 Å². The first-order valence-electron chi connectivity index (χ1n) is 5.37. The Kier molecular flexibility index (Phi) is 5.01. The van der Waals surface area contributed by atoms with Crippen molar-refractivity contribution in [2.24, 2.45) is 5.92 Å². The van der Waals surface area contributed by atoms with E-state index in [2.05, 4.69) is 5.32 Å². The fourth-order valence-corrected chi connectivity index (χ4v) is 2.09. The molecule has 88 valence electrons. The minimum absolute atomic E-state index is 0.159. The Morgan fingerprint density at radius 2 is 2.20 bits per heavy atom. The maximum atomic E-state index is 10.3. The van der Waals surface area contributed by atoms with Gasteiger partial charge in [0.15, 0.2) is 0 Å². The standard InChI is InChI=1S/C10H19NO4/c12-6-7-2-1-3-9(7)11-5-8(13)4-10(14)15/h7-9,11-13H,1-6H2,(H,14,15). The molecule has 0 aromatic rings. The largest absolute Gasteiger partial charge is 0.481 e. The molecule has 0 amide bonds. The van der Waals surface area contributed by atoms with Crippen molar-refractivity contribution in [2.75, 3.05) is 13.2 Å². The molecule has 1 aliphatic carbocycles. The Balaban J connectivity index is 2.21. The first kappa shape index (κ1) is 12.4. The number of carboxylic acids is 1. The van der Waals surface area contributed by atoms with E-state index in [1.165, 1.54) is 0 Å². The molecule has 1 aliphatic rings. The Hall–Kier alpha value is -0.650. The second-order valence-electron chi connectivity index (χ2n) is 4.14. The maximum absolute atomic E-state index is 10.3. The highest BCUT2D eigenvalue weighted by atomic mass is 16.4. The molecule has 0 aromatic carbocycles. The third-order valence-corrected chi connectivity index (χ3v) is 2.92. The van der Waals surface area contributed by atoms with Crippen LogP contribution in [0, 0.1) is 5.92 Å². The van der Waals surface area contributed by atoms with Crippen LogP contribution in [-0.4, -0.2) is 46.6 Å². The summed E-state index contributed by atoms with van der Waals surface area (Å²) in [5.74, 6) is -0.739. The van der Waals surface area contributed by atoms with Crippen LogP contribution in [0.3, 0.4) is 0 Å². The van der Waals surface area contributed by atoms with Crippen LogP contribution in [-0.2, 0) is 4.79 Å². The van der Waals surface area contributed by atoms with E-state index >= 15 is 0 Å². The summed E-state index contributed by atoms with van der Waals surface area (Å²) in [5.41, 5.74) is 0. The zero-order valence-corrected chi connectivity index (χ0v) is 8.72.